The molecule has 0 radical (unpaired) electrons. The second-order valence-electron chi connectivity index (χ2n) is 10.6. The third-order valence-corrected chi connectivity index (χ3v) is 9.22. The van der Waals surface area contributed by atoms with Crippen molar-refractivity contribution in [3.05, 3.63) is 53.0 Å². The van der Waals surface area contributed by atoms with Crippen molar-refractivity contribution >= 4 is 10.0 Å². The number of piperidine rings is 1. The Labute approximate surface area is 235 Å². The Morgan fingerprint density at radius 3 is 2.56 bits per heavy atom. The number of methoxy groups -OCH3 is 1. The molecule has 2 saturated heterocycles. The number of aliphatic hydroxyl groups excluding tert-OH is 2. The average molecular weight is 598 g/mol. The van der Waals surface area contributed by atoms with E-state index in [-0.39, 0.29) is 29.2 Å². The Hall–Kier alpha value is -2.82. The number of rotatable bonds is 8. The predicted molar refractivity (Wildman–Crippen MR) is 140 cm³/mol. The summed E-state index contributed by atoms with van der Waals surface area (Å²) in [5, 5.41) is 33.3. The summed E-state index contributed by atoms with van der Waals surface area (Å²) in [6, 6.07) is 3.75. The van der Waals surface area contributed by atoms with E-state index < -0.39 is 58.7 Å². The van der Waals surface area contributed by atoms with Gasteiger partial charge in [0.2, 0.25) is 10.0 Å². The lowest BCUT2D eigenvalue weighted by molar-refractivity contribution is -0.212. The predicted octanol–water partition coefficient (Wildman–Crippen LogP) is 1.58. The zero-order valence-corrected chi connectivity index (χ0v) is 23.7. The first-order valence-corrected chi connectivity index (χ1v) is 15.1. The highest BCUT2D eigenvalue weighted by atomic mass is 32.2. The second-order valence-corrected chi connectivity index (χ2v) is 12.6. The number of hydrogen-bond acceptors (Lipinski definition) is 10. The lowest BCUT2D eigenvalue weighted by atomic mass is 9.90. The van der Waals surface area contributed by atoms with Crippen LogP contribution in [0.5, 0.6) is 0 Å². The molecule has 5 atom stereocenters. The summed E-state index contributed by atoms with van der Waals surface area (Å²) in [6.45, 7) is 1.75. The van der Waals surface area contributed by atoms with Crippen LogP contribution in [-0.4, -0.2) is 101 Å². The van der Waals surface area contributed by atoms with Crippen LogP contribution in [0.2, 0.25) is 0 Å². The number of halogens is 2. The summed E-state index contributed by atoms with van der Waals surface area (Å²) in [7, 11) is -1.81. The summed E-state index contributed by atoms with van der Waals surface area (Å²) in [5.74, 6) is -1.38. The molecule has 0 bridgehead atoms. The van der Waals surface area contributed by atoms with Crippen molar-refractivity contribution in [2.24, 2.45) is 0 Å². The van der Waals surface area contributed by atoms with Crippen molar-refractivity contribution < 1.29 is 41.4 Å². The van der Waals surface area contributed by atoms with Crippen LogP contribution in [0.3, 0.4) is 0 Å². The molecule has 12 nitrogen and oxygen atoms in total. The van der Waals surface area contributed by atoms with E-state index in [0.717, 1.165) is 0 Å². The molecule has 5 rings (SSSR count). The van der Waals surface area contributed by atoms with Crippen LogP contribution < -0.4 is 0 Å². The molecular formula is C26H33F2N5O7S. The molecule has 0 amide bonds. The molecule has 1 aromatic carbocycles. The van der Waals surface area contributed by atoms with Crippen LogP contribution in [-0.2, 0) is 25.9 Å². The Morgan fingerprint density at radius 1 is 1.17 bits per heavy atom. The third-order valence-electron chi connectivity index (χ3n) is 7.92. The molecule has 15 heteroatoms. The minimum Gasteiger partial charge on any atom is -0.394 e. The highest BCUT2D eigenvalue weighted by Gasteiger charge is 2.47. The van der Waals surface area contributed by atoms with Gasteiger partial charge < -0.3 is 24.2 Å². The minimum atomic E-state index is -3.25. The Morgan fingerprint density at radius 2 is 1.90 bits per heavy atom. The largest absolute Gasteiger partial charge is 0.394 e. The standard InChI is InChI=1S/C26H33F2N5O7S/c1-14-4-5-17(23(28)22(14)27)18-12-33(31-29-18)24-25(35)21(13-34)39-20(26(24)38-2)11-16-10-19(40-30-16)15-6-8-32(9-7-15)41(3,36)37/h4-5,10,12,15,20-21,24-26,34-35H,6-9,11,13H2,1-3H3/t20-,21-,24+,25+,26+/m1/s1. The fourth-order valence-corrected chi connectivity index (χ4v) is 6.49. The van der Waals surface area contributed by atoms with E-state index in [1.807, 2.05) is 0 Å². The molecule has 2 aromatic heterocycles. The topological polar surface area (TPSA) is 153 Å². The molecule has 0 aliphatic carbocycles. The number of aliphatic hydroxyl groups is 2. The number of sulfonamides is 1. The second kappa shape index (κ2) is 11.8. The van der Waals surface area contributed by atoms with Crippen LogP contribution in [0.1, 0.15) is 41.8 Å². The first-order valence-electron chi connectivity index (χ1n) is 13.3. The van der Waals surface area contributed by atoms with E-state index in [4.69, 9.17) is 14.0 Å². The van der Waals surface area contributed by atoms with Crippen molar-refractivity contribution in [3.63, 3.8) is 0 Å². The average Bonchev–Trinajstić information content (AvgIpc) is 3.62. The van der Waals surface area contributed by atoms with Gasteiger partial charge in [-0.1, -0.05) is 16.4 Å². The van der Waals surface area contributed by atoms with E-state index in [9.17, 15) is 27.4 Å². The number of aryl methyl sites for hydroxylation is 1. The van der Waals surface area contributed by atoms with Crippen molar-refractivity contribution in [3.8, 4) is 11.3 Å². The van der Waals surface area contributed by atoms with Gasteiger partial charge in [0.25, 0.3) is 0 Å². The fraction of sp³-hybridized carbons (Fsp3) is 0.577. The molecule has 4 heterocycles. The van der Waals surface area contributed by atoms with Gasteiger partial charge >= 0.3 is 0 Å². The van der Waals surface area contributed by atoms with E-state index >= 15 is 0 Å². The maximum absolute atomic E-state index is 14.6. The van der Waals surface area contributed by atoms with Gasteiger partial charge in [0.1, 0.15) is 35.8 Å². The van der Waals surface area contributed by atoms with Crippen molar-refractivity contribution in [2.75, 3.05) is 33.1 Å². The van der Waals surface area contributed by atoms with Gasteiger partial charge in [0.15, 0.2) is 11.6 Å². The Bertz CT molecular complexity index is 1470. The summed E-state index contributed by atoms with van der Waals surface area (Å²) in [5.41, 5.74) is 0.695. The van der Waals surface area contributed by atoms with Crippen molar-refractivity contribution in [1.82, 2.24) is 24.5 Å². The maximum atomic E-state index is 14.6. The van der Waals surface area contributed by atoms with Gasteiger partial charge in [-0.25, -0.2) is 26.2 Å². The maximum Gasteiger partial charge on any atom is 0.211 e. The molecule has 0 unspecified atom stereocenters. The summed E-state index contributed by atoms with van der Waals surface area (Å²) in [6.07, 6.45) is 0.252. The van der Waals surface area contributed by atoms with Crippen molar-refractivity contribution in [1.29, 1.82) is 0 Å². The fourth-order valence-electron chi connectivity index (χ4n) is 5.61. The van der Waals surface area contributed by atoms with Crippen LogP contribution in [0.4, 0.5) is 8.78 Å². The third kappa shape index (κ3) is 5.92. The zero-order chi connectivity index (χ0) is 29.5. The minimum absolute atomic E-state index is 0.0140. The molecule has 41 heavy (non-hydrogen) atoms. The molecule has 0 saturated carbocycles. The van der Waals surface area contributed by atoms with Crippen molar-refractivity contribution in [2.45, 2.75) is 62.6 Å². The molecule has 0 spiro atoms. The van der Waals surface area contributed by atoms with Gasteiger partial charge in [-0.15, -0.1) is 5.10 Å². The molecule has 2 fully saturated rings. The first-order chi connectivity index (χ1) is 19.5. The van der Waals surface area contributed by atoms with Gasteiger partial charge in [0, 0.05) is 44.2 Å². The quantitative estimate of drug-likeness (QED) is 0.391. The SMILES string of the molecule is CO[C@@H]1[C@@H](n2cc(-c3ccc(C)c(F)c3F)nn2)[C@@H](O)[C@@H](CO)O[C@@H]1Cc1cc(C2CCN(S(C)(=O)=O)CC2)on1. The summed E-state index contributed by atoms with van der Waals surface area (Å²) < 4.78 is 72.5. The molecule has 3 aromatic rings. The number of hydrogen-bond donors (Lipinski definition) is 2. The molecule has 2 aliphatic rings. The smallest absolute Gasteiger partial charge is 0.211 e. The molecule has 2 N–H and O–H groups in total. The highest BCUT2D eigenvalue weighted by molar-refractivity contribution is 7.88. The Balaban J connectivity index is 1.35. The normalized spacial score (nSPS) is 26.5. The number of nitrogens with zero attached hydrogens (tertiary/aromatic N) is 5. The Kier molecular flexibility index (Phi) is 8.55. The van der Waals surface area contributed by atoms with Gasteiger partial charge in [0.05, 0.1) is 30.9 Å². The van der Waals surface area contributed by atoms with E-state index in [2.05, 4.69) is 15.5 Å². The first kappa shape index (κ1) is 29.7. The van der Waals surface area contributed by atoms with Crippen LogP contribution in [0.25, 0.3) is 11.3 Å². The van der Waals surface area contributed by atoms with Gasteiger partial charge in [-0.3, -0.25) is 0 Å². The number of ether oxygens (including phenoxy) is 2. The van der Waals surface area contributed by atoms with Gasteiger partial charge in [-0.2, -0.15) is 0 Å². The molecular weight excluding hydrogens is 564 g/mol. The van der Waals surface area contributed by atoms with Crippen LogP contribution >= 0.6 is 0 Å². The highest BCUT2D eigenvalue weighted by Crippen LogP contribution is 2.35. The lowest BCUT2D eigenvalue weighted by Gasteiger charge is -2.43. The van der Waals surface area contributed by atoms with E-state index in [0.29, 0.717) is 37.4 Å². The number of benzene rings is 1. The molecule has 2 aliphatic heterocycles. The molecule has 224 valence electrons. The van der Waals surface area contributed by atoms with E-state index in [1.165, 1.54) is 47.6 Å². The number of aromatic nitrogens is 4. The monoisotopic (exact) mass is 597 g/mol. The van der Waals surface area contributed by atoms with Crippen LogP contribution in [0.15, 0.2) is 28.9 Å². The van der Waals surface area contributed by atoms with Crippen LogP contribution in [0, 0.1) is 18.6 Å². The summed E-state index contributed by atoms with van der Waals surface area (Å²) >= 11 is 0. The lowest BCUT2D eigenvalue weighted by Crippen LogP contribution is -2.57. The van der Waals surface area contributed by atoms with Gasteiger partial charge in [-0.05, 0) is 31.4 Å². The summed E-state index contributed by atoms with van der Waals surface area (Å²) in [4.78, 5) is 0. The zero-order valence-electron chi connectivity index (χ0n) is 22.9. The van der Waals surface area contributed by atoms with E-state index in [1.54, 1.807) is 6.07 Å².